The van der Waals surface area contributed by atoms with Crippen molar-refractivity contribution < 1.29 is 4.79 Å². The molecule has 1 aliphatic rings. The van der Waals surface area contributed by atoms with Gasteiger partial charge < -0.3 is 15.1 Å². The lowest BCUT2D eigenvalue weighted by atomic mass is 10.2. The lowest BCUT2D eigenvalue weighted by Crippen LogP contribution is -2.33. The molecule has 4 nitrogen and oxygen atoms in total. The summed E-state index contributed by atoms with van der Waals surface area (Å²) in [5.41, 5.74) is 0. The minimum absolute atomic E-state index is 0.221. The highest BCUT2D eigenvalue weighted by molar-refractivity contribution is 5.75. The first-order valence-corrected chi connectivity index (χ1v) is 6.14. The topological polar surface area (TPSA) is 35.6 Å². The molecule has 0 spiro atoms. The second-order valence-electron chi connectivity index (χ2n) is 5.07. The monoisotopic (exact) mass is 227 g/mol. The van der Waals surface area contributed by atoms with E-state index < -0.39 is 0 Å². The van der Waals surface area contributed by atoms with Crippen LogP contribution in [-0.2, 0) is 4.79 Å². The maximum atomic E-state index is 11.3. The van der Waals surface area contributed by atoms with Crippen LogP contribution in [-0.4, -0.2) is 62.0 Å². The highest BCUT2D eigenvalue weighted by atomic mass is 16.2. The zero-order valence-corrected chi connectivity index (χ0v) is 11.0. The Kier molecular flexibility index (Phi) is 5.22. The summed E-state index contributed by atoms with van der Waals surface area (Å²) in [6.07, 6.45) is 2.81. The fourth-order valence-electron chi connectivity index (χ4n) is 2.11. The Morgan fingerprint density at radius 3 is 2.69 bits per heavy atom. The van der Waals surface area contributed by atoms with Gasteiger partial charge in [0.2, 0.25) is 5.91 Å². The molecule has 94 valence electrons. The quantitative estimate of drug-likeness (QED) is 0.696. The number of likely N-dealkylation sites (tertiary alicyclic amines) is 1. The molecular weight excluding hydrogens is 202 g/mol. The molecule has 0 aromatic rings. The van der Waals surface area contributed by atoms with Gasteiger partial charge in [0.25, 0.3) is 0 Å². The number of nitrogens with one attached hydrogen (secondary N) is 1. The number of amides is 1. The molecule has 4 heteroatoms. The second-order valence-corrected chi connectivity index (χ2v) is 5.07. The standard InChI is InChI=1S/C12H25N3O/c1-10-8-11(9-15(10)4)13-7-5-6-12(16)14(2)3/h10-11,13H,5-9H2,1-4H3. The Labute approximate surface area is 99.0 Å². The van der Waals surface area contributed by atoms with E-state index in [-0.39, 0.29) is 5.91 Å². The number of likely N-dealkylation sites (N-methyl/N-ethyl adjacent to an activating group) is 1. The summed E-state index contributed by atoms with van der Waals surface area (Å²) < 4.78 is 0. The first-order chi connectivity index (χ1) is 7.50. The molecule has 0 saturated carbocycles. The molecule has 1 saturated heterocycles. The Bertz CT molecular complexity index is 220. The predicted molar refractivity (Wildman–Crippen MR) is 66.4 cm³/mol. The van der Waals surface area contributed by atoms with Crippen LogP contribution in [0.5, 0.6) is 0 Å². The van der Waals surface area contributed by atoms with Crippen LogP contribution in [0.15, 0.2) is 0 Å². The van der Waals surface area contributed by atoms with Gasteiger partial charge in [0, 0.05) is 39.1 Å². The van der Waals surface area contributed by atoms with Crippen molar-refractivity contribution in [3.63, 3.8) is 0 Å². The number of rotatable bonds is 5. The fraction of sp³-hybridized carbons (Fsp3) is 0.917. The lowest BCUT2D eigenvalue weighted by molar-refractivity contribution is -0.128. The summed E-state index contributed by atoms with van der Waals surface area (Å²) in [4.78, 5) is 15.4. The summed E-state index contributed by atoms with van der Waals surface area (Å²) in [7, 11) is 5.79. The summed E-state index contributed by atoms with van der Waals surface area (Å²) in [5.74, 6) is 0.221. The molecule has 2 atom stereocenters. The van der Waals surface area contributed by atoms with E-state index in [1.54, 1.807) is 4.90 Å². The third kappa shape index (κ3) is 4.10. The van der Waals surface area contributed by atoms with Gasteiger partial charge in [0.05, 0.1) is 0 Å². The van der Waals surface area contributed by atoms with E-state index in [9.17, 15) is 4.79 Å². The predicted octanol–water partition coefficient (Wildman–Crippen LogP) is 0.537. The van der Waals surface area contributed by atoms with Crippen LogP contribution in [0.4, 0.5) is 0 Å². The fourth-order valence-corrected chi connectivity index (χ4v) is 2.11. The Hall–Kier alpha value is -0.610. The van der Waals surface area contributed by atoms with Crippen LogP contribution < -0.4 is 5.32 Å². The average molecular weight is 227 g/mol. The van der Waals surface area contributed by atoms with E-state index in [1.807, 2.05) is 14.1 Å². The zero-order valence-electron chi connectivity index (χ0n) is 11.0. The summed E-state index contributed by atoms with van der Waals surface area (Å²) in [6, 6.07) is 1.29. The molecule has 1 heterocycles. The number of carbonyl (C=O) groups excluding carboxylic acids is 1. The molecule has 1 fully saturated rings. The number of hydrogen-bond acceptors (Lipinski definition) is 3. The average Bonchev–Trinajstić information content (AvgIpc) is 2.53. The van der Waals surface area contributed by atoms with Crippen LogP contribution in [0, 0.1) is 0 Å². The van der Waals surface area contributed by atoms with Crippen molar-refractivity contribution in [1.29, 1.82) is 0 Å². The molecular formula is C12H25N3O. The van der Waals surface area contributed by atoms with Gasteiger partial charge in [-0.05, 0) is 33.4 Å². The molecule has 0 aliphatic carbocycles. The maximum absolute atomic E-state index is 11.3. The maximum Gasteiger partial charge on any atom is 0.222 e. The molecule has 1 rings (SSSR count). The van der Waals surface area contributed by atoms with Crippen molar-refractivity contribution in [2.24, 2.45) is 0 Å². The van der Waals surface area contributed by atoms with Crippen molar-refractivity contribution >= 4 is 5.91 Å². The molecule has 1 amide bonds. The molecule has 2 unspecified atom stereocenters. The third-order valence-electron chi connectivity index (χ3n) is 3.39. The van der Waals surface area contributed by atoms with Gasteiger partial charge >= 0.3 is 0 Å². The van der Waals surface area contributed by atoms with Gasteiger partial charge in [-0.2, -0.15) is 0 Å². The summed E-state index contributed by atoms with van der Waals surface area (Å²) in [6.45, 7) is 4.34. The second kappa shape index (κ2) is 6.21. The Morgan fingerprint density at radius 1 is 1.50 bits per heavy atom. The number of hydrogen-bond donors (Lipinski definition) is 1. The van der Waals surface area contributed by atoms with Gasteiger partial charge in [-0.3, -0.25) is 4.79 Å². The van der Waals surface area contributed by atoms with Gasteiger partial charge in [-0.15, -0.1) is 0 Å². The van der Waals surface area contributed by atoms with Crippen molar-refractivity contribution in [2.45, 2.75) is 38.3 Å². The van der Waals surface area contributed by atoms with Gasteiger partial charge in [0.15, 0.2) is 0 Å². The largest absolute Gasteiger partial charge is 0.349 e. The SMILES string of the molecule is CC1CC(NCCCC(=O)N(C)C)CN1C. The molecule has 0 radical (unpaired) electrons. The van der Waals surface area contributed by atoms with E-state index in [2.05, 4.69) is 24.2 Å². The van der Waals surface area contributed by atoms with E-state index >= 15 is 0 Å². The normalized spacial score (nSPS) is 26.0. The molecule has 0 bridgehead atoms. The molecule has 1 aliphatic heterocycles. The van der Waals surface area contributed by atoms with Crippen LogP contribution >= 0.6 is 0 Å². The van der Waals surface area contributed by atoms with Gasteiger partial charge in [0.1, 0.15) is 0 Å². The van der Waals surface area contributed by atoms with Crippen molar-refractivity contribution in [3.05, 3.63) is 0 Å². The van der Waals surface area contributed by atoms with Crippen molar-refractivity contribution in [1.82, 2.24) is 15.1 Å². The third-order valence-corrected chi connectivity index (χ3v) is 3.39. The van der Waals surface area contributed by atoms with Crippen molar-refractivity contribution in [3.8, 4) is 0 Å². The van der Waals surface area contributed by atoms with Crippen LogP contribution in [0.1, 0.15) is 26.2 Å². The minimum atomic E-state index is 0.221. The molecule has 0 aromatic heterocycles. The van der Waals surface area contributed by atoms with Crippen LogP contribution in [0.25, 0.3) is 0 Å². The highest BCUT2D eigenvalue weighted by Gasteiger charge is 2.25. The zero-order chi connectivity index (χ0) is 12.1. The van der Waals surface area contributed by atoms with E-state index in [1.165, 1.54) is 6.42 Å². The minimum Gasteiger partial charge on any atom is -0.349 e. The van der Waals surface area contributed by atoms with Crippen LogP contribution in [0.2, 0.25) is 0 Å². The summed E-state index contributed by atoms with van der Waals surface area (Å²) in [5, 5.41) is 3.52. The highest BCUT2D eigenvalue weighted by Crippen LogP contribution is 2.14. The van der Waals surface area contributed by atoms with E-state index in [0.29, 0.717) is 18.5 Å². The van der Waals surface area contributed by atoms with Crippen LogP contribution in [0.3, 0.4) is 0 Å². The molecule has 16 heavy (non-hydrogen) atoms. The van der Waals surface area contributed by atoms with Crippen molar-refractivity contribution in [2.75, 3.05) is 34.2 Å². The Balaban J connectivity index is 2.06. The van der Waals surface area contributed by atoms with E-state index in [4.69, 9.17) is 0 Å². The van der Waals surface area contributed by atoms with Gasteiger partial charge in [-0.25, -0.2) is 0 Å². The van der Waals surface area contributed by atoms with E-state index in [0.717, 1.165) is 19.5 Å². The Morgan fingerprint density at radius 2 is 2.19 bits per heavy atom. The first-order valence-electron chi connectivity index (χ1n) is 6.14. The smallest absolute Gasteiger partial charge is 0.222 e. The number of nitrogens with zero attached hydrogens (tertiary/aromatic N) is 2. The number of carbonyl (C=O) groups is 1. The lowest BCUT2D eigenvalue weighted by Gasteiger charge is -2.14. The molecule has 1 N–H and O–H groups in total. The molecule has 0 aromatic carbocycles. The summed E-state index contributed by atoms with van der Waals surface area (Å²) >= 11 is 0. The van der Waals surface area contributed by atoms with Gasteiger partial charge in [-0.1, -0.05) is 0 Å². The first kappa shape index (κ1) is 13.5.